The average molecular weight is 276 g/mol. The SMILES string of the molecule is CCc1nc(S[C@H](C)C(=O)Nc2ccccc2)n[nH]1. The van der Waals surface area contributed by atoms with E-state index < -0.39 is 0 Å². The molecule has 5 nitrogen and oxygen atoms in total. The number of nitrogens with one attached hydrogen (secondary N) is 2. The molecule has 0 spiro atoms. The van der Waals surface area contributed by atoms with E-state index in [2.05, 4.69) is 20.5 Å². The minimum absolute atomic E-state index is 0.0564. The highest BCUT2D eigenvalue weighted by atomic mass is 32.2. The molecule has 0 aliphatic heterocycles. The Morgan fingerprint density at radius 1 is 1.42 bits per heavy atom. The Bertz CT molecular complexity index is 541. The van der Waals surface area contributed by atoms with Gasteiger partial charge in [0.25, 0.3) is 0 Å². The molecule has 1 heterocycles. The fourth-order valence-electron chi connectivity index (χ4n) is 1.47. The number of aromatic nitrogens is 3. The number of amides is 1. The van der Waals surface area contributed by atoms with Crippen molar-refractivity contribution in [3.8, 4) is 0 Å². The van der Waals surface area contributed by atoms with Crippen molar-refractivity contribution in [2.45, 2.75) is 30.7 Å². The van der Waals surface area contributed by atoms with Crippen molar-refractivity contribution in [3.63, 3.8) is 0 Å². The highest BCUT2D eigenvalue weighted by molar-refractivity contribution is 8.00. The Hall–Kier alpha value is -1.82. The number of benzene rings is 1. The van der Waals surface area contributed by atoms with Crippen LogP contribution in [0.5, 0.6) is 0 Å². The van der Waals surface area contributed by atoms with Gasteiger partial charge < -0.3 is 5.32 Å². The maximum Gasteiger partial charge on any atom is 0.237 e. The summed E-state index contributed by atoms with van der Waals surface area (Å²) in [6.07, 6.45) is 0.804. The second-order valence-corrected chi connectivity index (χ2v) is 5.34. The number of carbonyl (C=O) groups excluding carboxylic acids is 1. The third-order valence-corrected chi connectivity index (χ3v) is 3.50. The lowest BCUT2D eigenvalue weighted by Crippen LogP contribution is -2.22. The molecule has 1 aromatic carbocycles. The summed E-state index contributed by atoms with van der Waals surface area (Å²) in [6, 6.07) is 9.40. The molecule has 0 fully saturated rings. The summed E-state index contributed by atoms with van der Waals surface area (Å²) in [7, 11) is 0. The van der Waals surface area contributed by atoms with Gasteiger partial charge in [0, 0.05) is 12.1 Å². The standard InChI is InChI=1S/C13H16N4OS/c1-3-11-15-13(17-16-11)19-9(2)12(18)14-10-7-5-4-6-8-10/h4-9H,3H2,1-2H3,(H,14,18)(H,15,16,17)/t9-/m1/s1. The van der Waals surface area contributed by atoms with Gasteiger partial charge in [-0.15, -0.1) is 5.10 Å². The van der Waals surface area contributed by atoms with Crippen LogP contribution in [-0.2, 0) is 11.2 Å². The van der Waals surface area contributed by atoms with Crippen molar-refractivity contribution in [2.24, 2.45) is 0 Å². The van der Waals surface area contributed by atoms with E-state index in [1.54, 1.807) is 0 Å². The van der Waals surface area contributed by atoms with E-state index in [-0.39, 0.29) is 11.2 Å². The van der Waals surface area contributed by atoms with E-state index in [0.29, 0.717) is 5.16 Å². The molecule has 0 unspecified atom stereocenters. The molecule has 2 aromatic rings. The molecule has 1 amide bonds. The molecular formula is C13H16N4OS. The number of hydrogen-bond donors (Lipinski definition) is 2. The quantitative estimate of drug-likeness (QED) is 0.823. The molecule has 0 saturated carbocycles. The molecule has 2 rings (SSSR count). The van der Waals surface area contributed by atoms with Crippen LogP contribution in [0.3, 0.4) is 0 Å². The van der Waals surface area contributed by atoms with E-state index >= 15 is 0 Å². The normalized spacial score (nSPS) is 12.1. The first kappa shape index (κ1) is 13.6. The minimum Gasteiger partial charge on any atom is -0.325 e. The van der Waals surface area contributed by atoms with Crippen LogP contribution in [0.25, 0.3) is 0 Å². The molecule has 0 aliphatic carbocycles. The Balaban J connectivity index is 1.92. The van der Waals surface area contributed by atoms with Crippen LogP contribution in [0.15, 0.2) is 35.5 Å². The summed E-state index contributed by atoms with van der Waals surface area (Å²) < 4.78 is 0. The molecule has 1 aromatic heterocycles. The second kappa shape index (κ2) is 6.38. The number of hydrogen-bond acceptors (Lipinski definition) is 4. The van der Waals surface area contributed by atoms with Crippen LogP contribution in [0.2, 0.25) is 0 Å². The number of para-hydroxylation sites is 1. The Labute approximate surface area is 116 Å². The maximum absolute atomic E-state index is 12.0. The maximum atomic E-state index is 12.0. The molecule has 1 atom stereocenters. The van der Waals surface area contributed by atoms with E-state index in [0.717, 1.165) is 17.9 Å². The third kappa shape index (κ3) is 3.82. The number of aryl methyl sites for hydroxylation is 1. The first-order valence-electron chi connectivity index (χ1n) is 6.13. The summed E-state index contributed by atoms with van der Waals surface area (Å²) in [4.78, 5) is 16.3. The first-order chi connectivity index (χ1) is 9.19. The fraction of sp³-hybridized carbons (Fsp3) is 0.308. The van der Waals surface area contributed by atoms with Gasteiger partial charge in [-0.3, -0.25) is 9.89 Å². The molecule has 6 heteroatoms. The first-order valence-corrected chi connectivity index (χ1v) is 7.01. The van der Waals surface area contributed by atoms with Crippen LogP contribution in [0.4, 0.5) is 5.69 Å². The molecular weight excluding hydrogens is 260 g/mol. The summed E-state index contributed by atoms with van der Waals surface area (Å²) in [6.45, 7) is 3.84. The largest absolute Gasteiger partial charge is 0.325 e. The molecule has 19 heavy (non-hydrogen) atoms. The van der Waals surface area contributed by atoms with Crippen molar-refractivity contribution in [1.82, 2.24) is 15.2 Å². The molecule has 0 radical (unpaired) electrons. The van der Waals surface area contributed by atoms with Crippen molar-refractivity contribution in [1.29, 1.82) is 0 Å². The van der Waals surface area contributed by atoms with Crippen LogP contribution >= 0.6 is 11.8 Å². The van der Waals surface area contributed by atoms with E-state index in [1.807, 2.05) is 44.2 Å². The lowest BCUT2D eigenvalue weighted by atomic mass is 10.3. The average Bonchev–Trinajstić information content (AvgIpc) is 2.87. The number of nitrogens with zero attached hydrogens (tertiary/aromatic N) is 2. The van der Waals surface area contributed by atoms with E-state index in [4.69, 9.17) is 0 Å². The molecule has 100 valence electrons. The number of carbonyl (C=O) groups is 1. The van der Waals surface area contributed by atoms with Gasteiger partial charge in [0.05, 0.1) is 5.25 Å². The van der Waals surface area contributed by atoms with Gasteiger partial charge in [0.15, 0.2) is 0 Å². The Morgan fingerprint density at radius 3 is 2.79 bits per heavy atom. The summed E-state index contributed by atoms with van der Waals surface area (Å²) in [5, 5.41) is 10.1. The molecule has 0 aliphatic rings. The van der Waals surface area contributed by atoms with Gasteiger partial charge in [-0.05, 0) is 19.1 Å². The van der Waals surface area contributed by atoms with Gasteiger partial charge in [0.1, 0.15) is 5.82 Å². The monoisotopic (exact) mass is 276 g/mol. The molecule has 0 saturated heterocycles. The zero-order chi connectivity index (χ0) is 13.7. The second-order valence-electron chi connectivity index (χ2n) is 4.03. The predicted molar refractivity (Wildman–Crippen MR) is 76.2 cm³/mol. The summed E-state index contributed by atoms with van der Waals surface area (Å²) in [5.74, 6) is 0.775. The highest BCUT2D eigenvalue weighted by Crippen LogP contribution is 2.20. The fourth-order valence-corrected chi connectivity index (χ4v) is 2.21. The van der Waals surface area contributed by atoms with Crippen LogP contribution in [-0.4, -0.2) is 26.3 Å². The van der Waals surface area contributed by atoms with Crippen molar-refractivity contribution >= 4 is 23.4 Å². The Morgan fingerprint density at radius 2 is 2.16 bits per heavy atom. The topological polar surface area (TPSA) is 70.7 Å². The molecule has 0 bridgehead atoms. The van der Waals surface area contributed by atoms with Gasteiger partial charge in [-0.1, -0.05) is 36.9 Å². The van der Waals surface area contributed by atoms with Crippen LogP contribution in [0.1, 0.15) is 19.7 Å². The number of H-pyrrole nitrogens is 1. The number of aromatic amines is 1. The number of thioether (sulfide) groups is 1. The van der Waals surface area contributed by atoms with Gasteiger partial charge in [0.2, 0.25) is 11.1 Å². The predicted octanol–water partition coefficient (Wildman–Crippen LogP) is 2.49. The van der Waals surface area contributed by atoms with Crippen LogP contribution in [0, 0.1) is 0 Å². The zero-order valence-electron chi connectivity index (χ0n) is 10.9. The summed E-state index contributed by atoms with van der Waals surface area (Å²) in [5.41, 5.74) is 0.796. The molecule has 2 N–H and O–H groups in total. The van der Waals surface area contributed by atoms with Gasteiger partial charge >= 0.3 is 0 Å². The lowest BCUT2D eigenvalue weighted by Gasteiger charge is -2.09. The minimum atomic E-state index is -0.249. The van der Waals surface area contributed by atoms with Crippen LogP contribution < -0.4 is 5.32 Å². The lowest BCUT2D eigenvalue weighted by molar-refractivity contribution is -0.115. The van der Waals surface area contributed by atoms with E-state index in [1.165, 1.54) is 11.8 Å². The van der Waals surface area contributed by atoms with Crippen molar-refractivity contribution in [3.05, 3.63) is 36.2 Å². The number of rotatable bonds is 5. The Kier molecular flexibility index (Phi) is 4.57. The highest BCUT2D eigenvalue weighted by Gasteiger charge is 2.16. The van der Waals surface area contributed by atoms with Gasteiger partial charge in [-0.25, -0.2) is 4.98 Å². The summed E-state index contributed by atoms with van der Waals surface area (Å²) >= 11 is 1.34. The van der Waals surface area contributed by atoms with E-state index in [9.17, 15) is 4.79 Å². The third-order valence-electron chi connectivity index (χ3n) is 2.54. The number of anilines is 1. The zero-order valence-corrected chi connectivity index (χ0v) is 11.7. The van der Waals surface area contributed by atoms with Gasteiger partial charge in [-0.2, -0.15) is 0 Å². The smallest absolute Gasteiger partial charge is 0.237 e. The van der Waals surface area contributed by atoms with Crippen molar-refractivity contribution in [2.75, 3.05) is 5.32 Å². The van der Waals surface area contributed by atoms with Crippen molar-refractivity contribution < 1.29 is 4.79 Å².